The number of amides is 2. The SMILES string of the molecule is C#CCCCOc1ccc(-c2ccc(OC(=O)CCCCCCCCCCN3C(=O)c4ccccc4C3=O)cc2)cc1. The van der Waals surface area contributed by atoms with Gasteiger partial charge in [-0.25, -0.2) is 0 Å². The van der Waals surface area contributed by atoms with E-state index in [4.69, 9.17) is 15.9 Å². The average molecular weight is 566 g/mol. The first-order valence-corrected chi connectivity index (χ1v) is 15.0. The Morgan fingerprint density at radius 2 is 1.19 bits per heavy atom. The number of esters is 1. The van der Waals surface area contributed by atoms with E-state index < -0.39 is 0 Å². The quantitative estimate of drug-likeness (QED) is 0.0548. The van der Waals surface area contributed by atoms with E-state index in [1.54, 1.807) is 24.3 Å². The normalized spacial score (nSPS) is 12.2. The van der Waals surface area contributed by atoms with Crippen LogP contribution in [0.1, 0.15) is 91.3 Å². The topological polar surface area (TPSA) is 72.9 Å². The lowest BCUT2D eigenvalue weighted by molar-refractivity contribution is -0.134. The Bertz CT molecular complexity index is 1340. The van der Waals surface area contributed by atoms with Crippen molar-refractivity contribution in [1.29, 1.82) is 0 Å². The maximum atomic E-state index is 12.4. The Balaban J connectivity index is 1.03. The molecular formula is C36H39NO5. The van der Waals surface area contributed by atoms with Crippen LogP contribution in [0.4, 0.5) is 0 Å². The van der Waals surface area contributed by atoms with Gasteiger partial charge in [0.2, 0.25) is 0 Å². The van der Waals surface area contributed by atoms with E-state index in [1.165, 1.54) is 4.90 Å². The minimum Gasteiger partial charge on any atom is -0.494 e. The number of fused-ring (bicyclic) bond motifs is 1. The monoisotopic (exact) mass is 565 g/mol. The van der Waals surface area contributed by atoms with Crippen LogP contribution in [0.25, 0.3) is 11.1 Å². The first kappa shape index (κ1) is 30.6. The van der Waals surface area contributed by atoms with Crippen LogP contribution in [0.3, 0.4) is 0 Å². The fraction of sp³-hybridized carbons (Fsp3) is 0.361. The second kappa shape index (κ2) is 16.2. The summed E-state index contributed by atoms with van der Waals surface area (Å²) in [5, 5.41) is 0. The fourth-order valence-corrected chi connectivity index (χ4v) is 5.05. The van der Waals surface area contributed by atoms with Gasteiger partial charge in [0, 0.05) is 19.4 Å². The highest BCUT2D eigenvalue weighted by molar-refractivity contribution is 6.21. The molecule has 218 valence electrons. The highest BCUT2D eigenvalue weighted by atomic mass is 16.5. The molecule has 0 N–H and O–H groups in total. The van der Waals surface area contributed by atoms with E-state index in [-0.39, 0.29) is 17.8 Å². The number of nitrogens with zero attached hydrogens (tertiary/aromatic N) is 1. The zero-order valence-electron chi connectivity index (χ0n) is 24.2. The Morgan fingerprint density at radius 1 is 0.667 bits per heavy atom. The number of unbranched alkanes of at least 4 members (excludes halogenated alkanes) is 8. The second-order valence-electron chi connectivity index (χ2n) is 10.6. The molecule has 1 heterocycles. The highest BCUT2D eigenvalue weighted by Crippen LogP contribution is 2.26. The van der Waals surface area contributed by atoms with E-state index in [2.05, 4.69) is 5.92 Å². The van der Waals surface area contributed by atoms with Crippen molar-refractivity contribution < 1.29 is 23.9 Å². The van der Waals surface area contributed by atoms with E-state index in [9.17, 15) is 14.4 Å². The van der Waals surface area contributed by atoms with E-state index in [0.29, 0.717) is 42.9 Å². The second-order valence-corrected chi connectivity index (χ2v) is 10.6. The van der Waals surface area contributed by atoms with Gasteiger partial charge < -0.3 is 9.47 Å². The molecule has 1 aliphatic rings. The Labute approximate surface area is 249 Å². The first-order chi connectivity index (χ1) is 20.6. The van der Waals surface area contributed by atoms with Crippen molar-refractivity contribution in [1.82, 2.24) is 4.90 Å². The third-order valence-corrected chi connectivity index (χ3v) is 7.40. The van der Waals surface area contributed by atoms with Gasteiger partial charge >= 0.3 is 5.97 Å². The third kappa shape index (κ3) is 8.81. The van der Waals surface area contributed by atoms with Crippen molar-refractivity contribution in [2.45, 2.75) is 70.6 Å². The van der Waals surface area contributed by atoms with Crippen LogP contribution in [0.15, 0.2) is 72.8 Å². The number of imide groups is 1. The largest absolute Gasteiger partial charge is 0.494 e. The number of benzene rings is 3. The molecule has 0 saturated carbocycles. The highest BCUT2D eigenvalue weighted by Gasteiger charge is 2.34. The summed E-state index contributed by atoms with van der Waals surface area (Å²) in [6.07, 6.45) is 15.2. The van der Waals surface area contributed by atoms with Crippen molar-refractivity contribution in [3.63, 3.8) is 0 Å². The molecule has 6 nitrogen and oxygen atoms in total. The molecule has 0 unspecified atom stereocenters. The zero-order valence-corrected chi connectivity index (χ0v) is 24.2. The number of hydrogen-bond acceptors (Lipinski definition) is 5. The molecule has 0 atom stereocenters. The van der Waals surface area contributed by atoms with Gasteiger partial charge in [-0.15, -0.1) is 12.3 Å². The van der Waals surface area contributed by atoms with Gasteiger partial charge in [-0.3, -0.25) is 19.3 Å². The van der Waals surface area contributed by atoms with Gasteiger partial charge in [0.15, 0.2) is 0 Å². The first-order valence-electron chi connectivity index (χ1n) is 15.0. The van der Waals surface area contributed by atoms with Crippen LogP contribution >= 0.6 is 0 Å². The molecule has 42 heavy (non-hydrogen) atoms. The third-order valence-electron chi connectivity index (χ3n) is 7.40. The lowest BCUT2D eigenvalue weighted by atomic mass is 10.1. The van der Waals surface area contributed by atoms with Gasteiger partial charge in [-0.05, 0) is 66.8 Å². The van der Waals surface area contributed by atoms with Crippen molar-refractivity contribution in [2.75, 3.05) is 13.2 Å². The molecule has 4 rings (SSSR count). The van der Waals surface area contributed by atoms with Crippen LogP contribution in [0.5, 0.6) is 11.5 Å². The minimum atomic E-state index is -0.206. The van der Waals surface area contributed by atoms with Gasteiger partial charge in [0.25, 0.3) is 11.8 Å². The van der Waals surface area contributed by atoms with Crippen molar-refractivity contribution in [3.05, 3.63) is 83.9 Å². The maximum Gasteiger partial charge on any atom is 0.311 e. The molecule has 3 aromatic rings. The molecule has 0 spiro atoms. The van der Waals surface area contributed by atoms with Crippen LogP contribution < -0.4 is 9.47 Å². The molecule has 0 saturated heterocycles. The smallest absolute Gasteiger partial charge is 0.311 e. The Kier molecular flexibility index (Phi) is 11.8. The lowest BCUT2D eigenvalue weighted by Crippen LogP contribution is -2.30. The van der Waals surface area contributed by atoms with E-state index in [0.717, 1.165) is 74.7 Å². The van der Waals surface area contributed by atoms with Crippen molar-refractivity contribution in [3.8, 4) is 35.0 Å². The molecule has 0 aromatic heterocycles. The molecule has 0 aliphatic carbocycles. The fourth-order valence-electron chi connectivity index (χ4n) is 5.05. The van der Waals surface area contributed by atoms with Gasteiger partial charge in [-0.2, -0.15) is 0 Å². The van der Waals surface area contributed by atoms with E-state index >= 15 is 0 Å². The minimum absolute atomic E-state index is 0.174. The predicted molar refractivity (Wildman–Crippen MR) is 164 cm³/mol. The summed E-state index contributed by atoms with van der Waals surface area (Å²) in [7, 11) is 0. The van der Waals surface area contributed by atoms with Crippen molar-refractivity contribution in [2.24, 2.45) is 0 Å². The van der Waals surface area contributed by atoms with Gasteiger partial charge in [0.1, 0.15) is 11.5 Å². The molecule has 3 aromatic carbocycles. The molecule has 1 aliphatic heterocycles. The van der Waals surface area contributed by atoms with Crippen LogP contribution in [-0.2, 0) is 4.79 Å². The van der Waals surface area contributed by atoms with E-state index in [1.807, 2.05) is 48.5 Å². The van der Waals surface area contributed by atoms with Gasteiger partial charge in [0.05, 0.1) is 17.7 Å². The Hall–Kier alpha value is -4.37. The number of carbonyl (C=O) groups is 3. The summed E-state index contributed by atoms with van der Waals surface area (Å²) in [6.45, 7) is 1.09. The maximum absolute atomic E-state index is 12.4. The summed E-state index contributed by atoms with van der Waals surface area (Å²) in [5.41, 5.74) is 3.13. The Morgan fingerprint density at radius 3 is 1.76 bits per heavy atom. The molecule has 2 amide bonds. The number of carbonyl (C=O) groups excluding carboxylic acids is 3. The summed E-state index contributed by atoms with van der Waals surface area (Å²) < 4.78 is 11.2. The molecule has 0 radical (unpaired) electrons. The average Bonchev–Trinajstić information content (AvgIpc) is 3.26. The number of hydrogen-bond donors (Lipinski definition) is 0. The van der Waals surface area contributed by atoms with Gasteiger partial charge in [-0.1, -0.05) is 74.9 Å². The molecule has 0 fully saturated rings. The summed E-state index contributed by atoms with van der Waals surface area (Å²) >= 11 is 0. The summed E-state index contributed by atoms with van der Waals surface area (Å²) in [4.78, 5) is 38.4. The van der Waals surface area contributed by atoms with Crippen molar-refractivity contribution >= 4 is 17.8 Å². The molecule has 6 heteroatoms. The number of terminal acetylenes is 1. The van der Waals surface area contributed by atoms with Crippen LogP contribution in [0.2, 0.25) is 0 Å². The summed E-state index contributed by atoms with van der Waals surface area (Å²) in [6, 6.07) is 22.5. The number of rotatable bonds is 17. The molecule has 0 bridgehead atoms. The standard InChI is InChI=1S/C36H39NO5/c1-2-3-14-27-41-30-22-18-28(19-23-30)29-20-24-31(25-21-29)42-34(38)17-10-8-6-4-5-7-9-13-26-37-35(39)32-15-11-12-16-33(32)36(37)40/h1,11-12,15-16,18-25H,3-10,13-14,17,26-27H2. The predicted octanol–water partition coefficient (Wildman–Crippen LogP) is 7.86. The zero-order chi connectivity index (χ0) is 29.6. The summed E-state index contributed by atoms with van der Waals surface area (Å²) in [5.74, 6) is 3.43. The molecular weight excluding hydrogens is 526 g/mol. The van der Waals surface area contributed by atoms with Crippen LogP contribution in [-0.4, -0.2) is 35.8 Å². The number of ether oxygens (including phenoxy) is 2. The lowest BCUT2D eigenvalue weighted by Gasteiger charge is -2.13. The van der Waals surface area contributed by atoms with Crippen LogP contribution in [0, 0.1) is 12.3 Å².